The quantitative estimate of drug-likeness (QED) is 0.662. The van der Waals surface area contributed by atoms with Gasteiger partial charge < -0.3 is 14.6 Å². The van der Waals surface area contributed by atoms with Crippen molar-refractivity contribution in [3.8, 4) is 0 Å². The highest BCUT2D eigenvalue weighted by Gasteiger charge is 2.29. The zero-order chi connectivity index (χ0) is 21.3. The van der Waals surface area contributed by atoms with Gasteiger partial charge >= 0.3 is 0 Å². The Labute approximate surface area is 173 Å². The number of aromatic nitrogens is 2. The molecule has 30 heavy (non-hydrogen) atoms. The summed E-state index contributed by atoms with van der Waals surface area (Å²) in [6, 6.07) is 10.9. The number of sulfonamides is 1. The van der Waals surface area contributed by atoms with Crippen molar-refractivity contribution < 1.29 is 22.3 Å². The number of ether oxygens (including phenoxy) is 1. The summed E-state index contributed by atoms with van der Waals surface area (Å²) < 4.78 is 48.1. The molecule has 1 fully saturated rings. The van der Waals surface area contributed by atoms with Gasteiger partial charge in [0.05, 0.1) is 30.8 Å². The lowest BCUT2D eigenvalue weighted by atomic mass is 10.2. The van der Waals surface area contributed by atoms with E-state index in [0.717, 1.165) is 27.5 Å². The van der Waals surface area contributed by atoms with Gasteiger partial charge in [0.1, 0.15) is 16.5 Å². The molecular formula is C20H21FN4O4S. The molecule has 0 unspecified atom stereocenters. The van der Waals surface area contributed by atoms with Gasteiger partial charge in [0.2, 0.25) is 10.0 Å². The van der Waals surface area contributed by atoms with Gasteiger partial charge in [0.15, 0.2) is 0 Å². The molecule has 1 aliphatic rings. The molecule has 10 heteroatoms. The smallest absolute Gasteiger partial charge is 0.251 e. The van der Waals surface area contributed by atoms with Crippen molar-refractivity contribution in [3.63, 3.8) is 0 Å². The first-order valence-corrected chi connectivity index (χ1v) is 10.9. The predicted octanol–water partition coefficient (Wildman–Crippen LogP) is 1.66. The fourth-order valence-corrected chi connectivity index (χ4v) is 4.88. The molecule has 4 rings (SSSR count). The molecule has 158 valence electrons. The van der Waals surface area contributed by atoms with Crippen LogP contribution < -0.4 is 5.32 Å². The zero-order valence-electron chi connectivity index (χ0n) is 16.3. The summed E-state index contributed by atoms with van der Waals surface area (Å²) >= 11 is 0. The van der Waals surface area contributed by atoms with Crippen LogP contribution in [0.5, 0.6) is 0 Å². The Hall–Kier alpha value is -2.82. The molecule has 1 saturated heterocycles. The van der Waals surface area contributed by atoms with Crippen LogP contribution in [0.25, 0.3) is 11.0 Å². The number of nitrogens with zero attached hydrogens (tertiary/aromatic N) is 3. The highest BCUT2D eigenvalue weighted by Crippen LogP contribution is 2.22. The molecule has 1 amide bonds. The number of amides is 1. The summed E-state index contributed by atoms with van der Waals surface area (Å²) in [7, 11) is -2.21. The zero-order valence-corrected chi connectivity index (χ0v) is 17.2. The summed E-state index contributed by atoms with van der Waals surface area (Å²) in [6.07, 6.45) is 0. The van der Waals surface area contributed by atoms with Gasteiger partial charge in [0, 0.05) is 25.7 Å². The average molecular weight is 432 g/mol. The molecule has 0 radical (unpaired) electrons. The molecule has 1 aliphatic heterocycles. The molecule has 0 aliphatic carbocycles. The topological polar surface area (TPSA) is 93.5 Å². The second kappa shape index (κ2) is 8.13. The molecule has 8 nitrogen and oxygen atoms in total. The van der Waals surface area contributed by atoms with Gasteiger partial charge in [-0.3, -0.25) is 4.79 Å². The standard InChI is InChI=1S/C20H21FN4O4S/c1-24-17-5-3-2-4-16(17)23-19(24)13-22-20(26)14-6-7-15(21)18(12-14)30(27,28)25-8-10-29-11-9-25/h2-7,12H,8-11,13H2,1H3,(H,22,26). The van der Waals surface area contributed by atoms with E-state index in [9.17, 15) is 17.6 Å². The van der Waals surface area contributed by atoms with E-state index in [-0.39, 0.29) is 38.4 Å². The number of carbonyl (C=O) groups is 1. The number of halogens is 1. The summed E-state index contributed by atoms with van der Waals surface area (Å²) in [6.45, 7) is 0.931. The van der Waals surface area contributed by atoms with Crippen LogP contribution >= 0.6 is 0 Å². The van der Waals surface area contributed by atoms with Crippen molar-refractivity contribution in [1.82, 2.24) is 19.2 Å². The number of hydrogen-bond acceptors (Lipinski definition) is 5. The number of imidazole rings is 1. The Kier molecular flexibility index (Phi) is 5.54. The maximum atomic E-state index is 14.3. The Morgan fingerprint density at radius 2 is 1.93 bits per heavy atom. The monoisotopic (exact) mass is 432 g/mol. The van der Waals surface area contributed by atoms with Crippen molar-refractivity contribution in [1.29, 1.82) is 0 Å². The van der Waals surface area contributed by atoms with E-state index in [4.69, 9.17) is 4.74 Å². The number of fused-ring (bicyclic) bond motifs is 1. The molecule has 0 atom stereocenters. The van der Waals surface area contributed by atoms with Gasteiger partial charge in [-0.15, -0.1) is 0 Å². The van der Waals surface area contributed by atoms with Crippen molar-refractivity contribution >= 4 is 27.0 Å². The van der Waals surface area contributed by atoms with E-state index in [1.807, 2.05) is 35.9 Å². The van der Waals surface area contributed by atoms with E-state index in [1.54, 1.807) is 0 Å². The van der Waals surface area contributed by atoms with Crippen molar-refractivity contribution in [2.24, 2.45) is 7.05 Å². The highest BCUT2D eigenvalue weighted by atomic mass is 32.2. The van der Waals surface area contributed by atoms with Gasteiger partial charge in [-0.25, -0.2) is 17.8 Å². The van der Waals surface area contributed by atoms with Crippen molar-refractivity contribution in [2.75, 3.05) is 26.3 Å². The highest BCUT2D eigenvalue weighted by molar-refractivity contribution is 7.89. The molecule has 3 aromatic rings. The van der Waals surface area contributed by atoms with E-state index < -0.39 is 26.6 Å². The third kappa shape index (κ3) is 3.81. The first-order chi connectivity index (χ1) is 14.4. The average Bonchev–Trinajstić information content (AvgIpc) is 3.08. The summed E-state index contributed by atoms with van der Waals surface area (Å²) in [5, 5.41) is 2.72. The fourth-order valence-electron chi connectivity index (χ4n) is 3.38. The van der Waals surface area contributed by atoms with Crippen molar-refractivity contribution in [3.05, 3.63) is 59.7 Å². The second-order valence-electron chi connectivity index (χ2n) is 6.92. The lowest BCUT2D eigenvalue weighted by Crippen LogP contribution is -2.41. The number of hydrogen-bond donors (Lipinski definition) is 1. The first-order valence-electron chi connectivity index (χ1n) is 9.44. The molecule has 2 heterocycles. The minimum atomic E-state index is -4.06. The normalized spacial score (nSPS) is 15.4. The van der Waals surface area contributed by atoms with Crippen LogP contribution in [0.1, 0.15) is 16.2 Å². The van der Waals surface area contributed by atoms with Crippen LogP contribution in [-0.2, 0) is 28.4 Å². The SMILES string of the molecule is Cn1c(CNC(=O)c2ccc(F)c(S(=O)(=O)N3CCOCC3)c2)nc2ccccc21. The van der Waals surface area contributed by atoms with Crippen LogP contribution in [0.15, 0.2) is 47.4 Å². The fraction of sp³-hybridized carbons (Fsp3) is 0.300. The molecule has 1 aromatic heterocycles. The van der Waals surface area contributed by atoms with Crippen LogP contribution in [0, 0.1) is 5.82 Å². The third-order valence-corrected chi connectivity index (χ3v) is 6.98. The number of nitrogens with one attached hydrogen (secondary N) is 1. The Bertz CT molecular complexity index is 1200. The van der Waals surface area contributed by atoms with E-state index in [0.29, 0.717) is 5.82 Å². The van der Waals surface area contributed by atoms with E-state index in [1.165, 1.54) is 6.07 Å². The van der Waals surface area contributed by atoms with E-state index >= 15 is 0 Å². The predicted molar refractivity (Wildman–Crippen MR) is 108 cm³/mol. The number of carbonyl (C=O) groups excluding carboxylic acids is 1. The molecule has 0 bridgehead atoms. The maximum Gasteiger partial charge on any atom is 0.251 e. The molecule has 1 N–H and O–H groups in total. The van der Waals surface area contributed by atoms with Gasteiger partial charge in [-0.1, -0.05) is 12.1 Å². The third-order valence-electron chi connectivity index (χ3n) is 5.07. The lowest BCUT2D eigenvalue weighted by Gasteiger charge is -2.26. The lowest BCUT2D eigenvalue weighted by molar-refractivity contribution is 0.0729. The number of morpholine rings is 1. The minimum absolute atomic E-state index is 0.0574. The van der Waals surface area contributed by atoms with Crippen LogP contribution in [0.4, 0.5) is 4.39 Å². The molecule has 2 aromatic carbocycles. The Balaban J connectivity index is 1.54. The second-order valence-corrected chi connectivity index (χ2v) is 8.83. The van der Waals surface area contributed by atoms with E-state index in [2.05, 4.69) is 10.3 Å². The Morgan fingerprint density at radius 3 is 2.67 bits per heavy atom. The summed E-state index contributed by atoms with van der Waals surface area (Å²) in [5.41, 5.74) is 1.80. The first kappa shape index (κ1) is 20.5. The van der Waals surface area contributed by atoms with Crippen LogP contribution in [0.2, 0.25) is 0 Å². The summed E-state index contributed by atoms with van der Waals surface area (Å²) in [5.74, 6) is -0.762. The largest absolute Gasteiger partial charge is 0.379 e. The number of benzene rings is 2. The van der Waals surface area contributed by atoms with Crippen LogP contribution in [0.3, 0.4) is 0 Å². The van der Waals surface area contributed by atoms with Gasteiger partial charge in [-0.05, 0) is 30.3 Å². The summed E-state index contributed by atoms with van der Waals surface area (Å²) in [4.78, 5) is 16.6. The maximum absolute atomic E-state index is 14.3. The number of para-hydroxylation sites is 2. The van der Waals surface area contributed by atoms with Gasteiger partial charge in [0.25, 0.3) is 5.91 Å². The Morgan fingerprint density at radius 1 is 1.20 bits per heavy atom. The van der Waals surface area contributed by atoms with Gasteiger partial charge in [-0.2, -0.15) is 4.31 Å². The van der Waals surface area contributed by atoms with Crippen molar-refractivity contribution in [2.45, 2.75) is 11.4 Å². The number of aryl methyl sites for hydroxylation is 1. The molecule has 0 saturated carbocycles. The molecular weight excluding hydrogens is 411 g/mol. The molecule has 0 spiro atoms. The van der Waals surface area contributed by atoms with Crippen LogP contribution in [-0.4, -0.2) is 54.5 Å². The number of rotatable bonds is 5. The minimum Gasteiger partial charge on any atom is -0.379 e.